The van der Waals surface area contributed by atoms with Gasteiger partial charge in [0.2, 0.25) is 0 Å². The second-order valence-electron chi connectivity index (χ2n) is 14.5. The van der Waals surface area contributed by atoms with Crippen molar-refractivity contribution >= 4 is 29.1 Å². The standard InChI is InChI=1S/C25H23NO4.C18H19NO4.C8H10O/c1-4-26(5-2)16-10-12-20-23(14-16)29-22-13-11-17(28-3)15-21(22)25(20)19-9-7-6-8-18(19)24(27)30-25;1-3-19(4-2)12-9-10-15(16(20)11-12)17(21)13-7-5-6-8-14(13)18(22)23;1-7-3-5-8(9-2)6-4-7/h6-15H,4-5H2,1-3H3;5-11,20H,3-4H2,1-2H3,(H,22,23);3-6H,1-2H3. The number of phenolic OH excluding ortho intramolecular Hbond substituents is 1. The number of ketones is 1. The SMILES string of the molecule is CCN(CC)c1ccc(C(=O)c2ccccc2C(=O)O)c(O)c1.CCN(CC)c1ccc2c(c1)Oc1ccc(OC)cc1C21OC(=O)c2ccccc21.COc1ccc(C)cc1. The van der Waals surface area contributed by atoms with Crippen LogP contribution in [0.1, 0.15) is 86.6 Å². The van der Waals surface area contributed by atoms with Gasteiger partial charge in [-0.05, 0) is 101 Å². The van der Waals surface area contributed by atoms with Crippen LogP contribution in [-0.2, 0) is 10.3 Å². The Morgan fingerprint density at radius 3 is 1.81 bits per heavy atom. The van der Waals surface area contributed by atoms with Crippen LogP contribution in [0.3, 0.4) is 0 Å². The maximum atomic E-state index is 12.9. The highest BCUT2D eigenvalue weighted by Gasteiger charge is 2.53. The van der Waals surface area contributed by atoms with Crippen LogP contribution < -0.4 is 24.0 Å². The van der Waals surface area contributed by atoms with E-state index in [4.69, 9.17) is 18.9 Å². The van der Waals surface area contributed by atoms with Crippen molar-refractivity contribution in [2.75, 3.05) is 50.2 Å². The zero-order valence-corrected chi connectivity index (χ0v) is 36.1. The molecule has 0 radical (unpaired) electrons. The summed E-state index contributed by atoms with van der Waals surface area (Å²) in [5, 5.41) is 19.4. The van der Waals surface area contributed by atoms with Gasteiger partial charge in [-0.2, -0.15) is 0 Å². The monoisotopic (exact) mass is 836 g/mol. The number of anilines is 2. The molecule has 6 aromatic carbocycles. The zero-order chi connectivity index (χ0) is 44.6. The number of ether oxygens (including phenoxy) is 4. The lowest BCUT2D eigenvalue weighted by molar-refractivity contribution is 0.0223. The van der Waals surface area contributed by atoms with Crippen molar-refractivity contribution in [1.82, 2.24) is 0 Å². The number of hydrogen-bond donors (Lipinski definition) is 2. The molecule has 0 saturated carbocycles. The molecule has 11 heteroatoms. The lowest BCUT2D eigenvalue weighted by atomic mass is 9.77. The highest BCUT2D eigenvalue weighted by atomic mass is 16.6. The number of aryl methyl sites for hydroxylation is 1. The molecule has 8 rings (SSSR count). The van der Waals surface area contributed by atoms with E-state index in [1.165, 1.54) is 29.8 Å². The number of phenols is 1. The predicted molar refractivity (Wildman–Crippen MR) is 241 cm³/mol. The summed E-state index contributed by atoms with van der Waals surface area (Å²) in [6, 6.07) is 38.0. The molecule has 2 N–H and O–H groups in total. The van der Waals surface area contributed by atoms with Crippen LogP contribution >= 0.6 is 0 Å². The molecule has 2 heterocycles. The molecule has 0 amide bonds. The quantitative estimate of drug-likeness (QED) is 0.0954. The fraction of sp³-hybridized carbons (Fsp3) is 0.235. The van der Waals surface area contributed by atoms with Crippen LogP contribution in [0.5, 0.6) is 28.7 Å². The van der Waals surface area contributed by atoms with Crippen molar-refractivity contribution in [1.29, 1.82) is 0 Å². The molecule has 2 aliphatic heterocycles. The van der Waals surface area contributed by atoms with E-state index >= 15 is 0 Å². The molecule has 320 valence electrons. The number of carboxylic acids is 1. The van der Waals surface area contributed by atoms with E-state index < -0.39 is 17.4 Å². The van der Waals surface area contributed by atoms with Gasteiger partial charge >= 0.3 is 11.9 Å². The Morgan fingerprint density at radius 2 is 1.19 bits per heavy atom. The van der Waals surface area contributed by atoms with Crippen molar-refractivity contribution in [3.63, 3.8) is 0 Å². The smallest absolute Gasteiger partial charge is 0.340 e. The first-order valence-corrected chi connectivity index (χ1v) is 20.6. The number of nitrogens with zero attached hydrogens (tertiary/aromatic N) is 2. The average Bonchev–Trinajstić information content (AvgIpc) is 3.59. The molecule has 1 unspecified atom stereocenters. The second-order valence-corrected chi connectivity index (χ2v) is 14.5. The minimum Gasteiger partial charge on any atom is -0.507 e. The number of aromatic carboxylic acids is 1. The summed E-state index contributed by atoms with van der Waals surface area (Å²) in [7, 11) is 3.29. The fourth-order valence-corrected chi connectivity index (χ4v) is 7.74. The summed E-state index contributed by atoms with van der Waals surface area (Å²) in [6.45, 7) is 13.7. The molecule has 0 bridgehead atoms. The summed E-state index contributed by atoms with van der Waals surface area (Å²) in [5.74, 6) is 0.784. The largest absolute Gasteiger partial charge is 0.507 e. The van der Waals surface area contributed by atoms with Crippen molar-refractivity contribution in [2.24, 2.45) is 0 Å². The molecule has 0 saturated heterocycles. The van der Waals surface area contributed by atoms with Gasteiger partial charge in [-0.25, -0.2) is 9.59 Å². The maximum Gasteiger partial charge on any atom is 0.340 e. The summed E-state index contributed by atoms with van der Waals surface area (Å²) >= 11 is 0. The molecule has 2 aliphatic rings. The van der Waals surface area contributed by atoms with Gasteiger partial charge < -0.3 is 39.0 Å². The molecule has 1 spiro atoms. The van der Waals surface area contributed by atoms with Crippen LogP contribution in [0.4, 0.5) is 11.4 Å². The van der Waals surface area contributed by atoms with Gasteiger partial charge in [-0.15, -0.1) is 0 Å². The molecule has 11 nitrogen and oxygen atoms in total. The molecule has 1 atom stereocenters. The lowest BCUT2D eigenvalue weighted by Gasteiger charge is -2.37. The molecular weight excluding hydrogens is 785 g/mol. The van der Waals surface area contributed by atoms with Gasteiger partial charge in [0.15, 0.2) is 11.4 Å². The third-order valence-corrected chi connectivity index (χ3v) is 11.0. The Hall–Kier alpha value is -7.27. The summed E-state index contributed by atoms with van der Waals surface area (Å²) in [5.41, 5.74) is 5.14. The van der Waals surface area contributed by atoms with E-state index in [0.717, 1.165) is 60.0 Å². The number of fused-ring (bicyclic) bond motifs is 6. The van der Waals surface area contributed by atoms with Crippen molar-refractivity contribution in [3.05, 3.63) is 172 Å². The number of hydrogen-bond acceptors (Lipinski definition) is 10. The Bertz CT molecular complexity index is 2560. The second kappa shape index (κ2) is 19.4. The fourth-order valence-electron chi connectivity index (χ4n) is 7.74. The Morgan fingerprint density at radius 1 is 0.613 bits per heavy atom. The number of rotatable bonds is 11. The van der Waals surface area contributed by atoms with E-state index in [1.807, 2.05) is 97.6 Å². The number of carbonyl (C=O) groups excluding carboxylic acids is 2. The third kappa shape index (κ3) is 8.79. The van der Waals surface area contributed by atoms with Crippen LogP contribution in [-0.4, -0.2) is 68.3 Å². The minimum atomic E-state index is -1.17. The number of carboxylic acid groups (broad SMARTS) is 1. The van der Waals surface area contributed by atoms with Crippen LogP contribution in [0.25, 0.3) is 0 Å². The van der Waals surface area contributed by atoms with Gasteiger partial charge in [0.1, 0.15) is 28.7 Å². The Labute approximate surface area is 362 Å². The van der Waals surface area contributed by atoms with Gasteiger partial charge in [-0.1, -0.05) is 54.1 Å². The van der Waals surface area contributed by atoms with Crippen LogP contribution in [0.15, 0.2) is 127 Å². The first kappa shape index (κ1) is 44.3. The lowest BCUT2D eigenvalue weighted by Crippen LogP contribution is -2.33. The van der Waals surface area contributed by atoms with Crippen LogP contribution in [0, 0.1) is 6.92 Å². The number of benzene rings is 6. The summed E-state index contributed by atoms with van der Waals surface area (Å²) in [4.78, 5) is 41.0. The van der Waals surface area contributed by atoms with E-state index in [1.54, 1.807) is 32.4 Å². The van der Waals surface area contributed by atoms with E-state index in [-0.39, 0.29) is 28.4 Å². The first-order valence-electron chi connectivity index (χ1n) is 20.6. The zero-order valence-electron chi connectivity index (χ0n) is 36.1. The topological polar surface area (TPSA) is 135 Å². The van der Waals surface area contributed by atoms with Crippen LogP contribution in [0.2, 0.25) is 0 Å². The molecule has 0 aromatic heterocycles. The number of methoxy groups -OCH3 is 2. The number of esters is 1. The van der Waals surface area contributed by atoms with Gasteiger partial charge in [0.25, 0.3) is 0 Å². The maximum absolute atomic E-state index is 12.9. The van der Waals surface area contributed by atoms with E-state index in [9.17, 15) is 24.6 Å². The molecule has 0 aliphatic carbocycles. The minimum absolute atomic E-state index is 0.0610. The average molecular weight is 837 g/mol. The van der Waals surface area contributed by atoms with Crippen molar-refractivity contribution < 1.29 is 43.5 Å². The number of aromatic hydroxyl groups is 1. The van der Waals surface area contributed by atoms with E-state index in [0.29, 0.717) is 22.8 Å². The Kier molecular flexibility index (Phi) is 13.9. The van der Waals surface area contributed by atoms with Gasteiger partial charge in [0.05, 0.1) is 36.5 Å². The third-order valence-electron chi connectivity index (χ3n) is 11.0. The number of carbonyl (C=O) groups is 3. The van der Waals surface area contributed by atoms with Crippen molar-refractivity contribution in [3.8, 4) is 28.7 Å². The summed E-state index contributed by atoms with van der Waals surface area (Å²) < 4.78 is 22.9. The van der Waals surface area contributed by atoms with Gasteiger partial charge in [0, 0.05) is 66.4 Å². The van der Waals surface area contributed by atoms with Gasteiger partial charge in [-0.3, -0.25) is 4.79 Å². The molecular formula is C51H52N2O9. The molecule has 0 fully saturated rings. The summed E-state index contributed by atoms with van der Waals surface area (Å²) in [6.07, 6.45) is 0. The highest BCUT2D eigenvalue weighted by Crippen LogP contribution is 2.57. The van der Waals surface area contributed by atoms with E-state index in [2.05, 4.69) is 31.7 Å². The predicted octanol–water partition coefficient (Wildman–Crippen LogP) is 10.3. The molecule has 62 heavy (non-hydrogen) atoms. The normalized spacial score (nSPS) is 14.0. The Balaban J connectivity index is 0.000000177. The first-order chi connectivity index (χ1) is 29.9. The highest BCUT2D eigenvalue weighted by molar-refractivity contribution is 6.15. The molecule has 6 aromatic rings. The van der Waals surface area contributed by atoms with Crippen molar-refractivity contribution in [2.45, 2.75) is 40.2 Å².